The number of hydrogen-bond acceptors (Lipinski definition) is 4. The molecule has 2 rings (SSSR count). The highest BCUT2D eigenvalue weighted by Crippen LogP contribution is 2.23. The van der Waals surface area contributed by atoms with Crippen LogP contribution in [0, 0.1) is 0 Å². The van der Waals surface area contributed by atoms with E-state index in [2.05, 4.69) is 17.2 Å². The van der Waals surface area contributed by atoms with Gasteiger partial charge in [0.2, 0.25) is 0 Å². The first-order valence-electron chi connectivity index (χ1n) is 6.95. The Kier molecular flexibility index (Phi) is 4.74. The van der Waals surface area contributed by atoms with E-state index in [0.717, 1.165) is 24.3 Å². The summed E-state index contributed by atoms with van der Waals surface area (Å²) in [5.74, 6) is 0.802. The Labute approximate surface area is 119 Å². The molecule has 0 saturated carbocycles. The van der Waals surface area contributed by atoms with Gasteiger partial charge in [0.25, 0.3) is 0 Å². The van der Waals surface area contributed by atoms with Crippen LogP contribution in [0.5, 0.6) is 5.75 Å². The lowest BCUT2D eigenvalue weighted by Gasteiger charge is -2.14. The first kappa shape index (κ1) is 14.5. The molecule has 1 atom stereocenters. The molecule has 0 fully saturated rings. The zero-order valence-electron chi connectivity index (χ0n) is 12.2. The number of aryl methyl sites for hydroxylation is 1. The summed E-state index contributed by atoms with van der Waals surface area (Å²) in [7, 11) is 0. The number of rotatable bonds is 6. The Hall–Kier alpha value is -1.88. The maximum Gasteiger partial charge on any atom is 0.122 e. The van der Waals surface area contributed by atoms with Crippen molar-refractivity contribution >= 4 is 0 Å². The SMILES string of the molecule is CCCn1nncc1C(O)c1ccc(OC(C)C)cc1. The van der Waals surface area contributed by atoms with Crippen molar-refractivity contribution < 1.29 is 9.84 Å². The highest BCUT2D eigenvalue weighted by atomic mass is 16.5. The number of nitrogens with zero attached hydrogens (tertiary/aromatic N) is 3. The minimum atomic E-state index is -0.718. The maximum absolute atomic E-state index is 10.4. The van der Waals surface area contributed by atoms with Gasteiger partial charge < -0.3 is 9.84 Å². The number of benzene rings is 1. The predicted octanol–water partition coefficient (Wildman–Crippen LogP) is 2.56. The van der Waals surface area contributed by atoms with Gasteiger partial charge in [0.05, 0.1) is 18.0 Å². The van der Waals surface area contributed by atoms with Crippen molar-refractivity contribution in [1.29, 1.82) is 0 Å². The molecule has 0 bridgehead atoms. The first-order chi connectivity index (χ1) is 9.61. The van der Waals surface area contributed by atoms with E-state index in [-0.39, 0.29) is 6.10 Å². The van der Waals surface area contributed by atoms with E-state index in [0.29, 0.717) is 5.69 Å². The molecule has 5 nitrogen and oxygen atoms in total. The number of aliphatic hydroxyl groups is 1. The lowest BCUT2D eigenvalue weighted by Crippen LogP contribution is -2.10. The topological polar surface area (TPSA) is 60.2 Å². The fraction of sp³-hybridized carbons (Fsp3) is 0.467. The summed E-state index contributed by atoms with van der Waals surface area (Å²) in [6.45, 7) is 6.78. The molecule has 0 saturated heterocycles. The van der Waals surface area contributed by atoms with Crippen LogP contribution in [0.1, 0.15) is 44.6 Å². The molecule has 0 radical (unpaired) electrons. The van der Waals surface area contributed by atoms with E-state index in [9.17, 15) is 5.11 Å². The quantitative estimate of drug-likeness (QED) is 0.880. The van der Waals surface area contributed by atoms with Crippen molar-refractivity contribution in [3.63, 3.8) is 0 Å². The van der Waals surface area contributed by atoms with E-state index in [4.69, 9.17) is 4.74 Å². The first-order valence-corrected chi connectivity index (χ1v) is 6.95. The van der Waals surface area contributed by atoms with E-state index >= 15 is 0 Å². The molecular weight excluding hydrogens is 254 g/mol. The van der Waals surface area contributed by atoms with Crippen molar-refractivity contribution in [3.8, 4) is 5.75 Å². The maximum atomic E-state index is 10.4. The third-order valence-electron chi connectivity index (χ3n) is 2.93. The van der Waals surface area contributed by atoms with E-state index in [1.54, 1.807) is 10.9 Å². The Morgan fingerprint density at radius 3 is 2.55 bits per heavy atom. The van der Waals surface area contributed by atoms with Gasteiger partial charge in [0.1, 0.15) is 11.9 Å². The van der Waals surface area contributed by atoms with Gasteiger partial charge in [-0.1, -0.05) is 24.3 Å². The Morgan fingerprint density at radius 1 is 1.25 bits per heavy atom. The van der Waals surface area contributed by atoms with Gasteiger partial charge in [-0.3, -0.25) is 0 Å². The summed E-state index contributed by atoms with van der Waals surface area (Å²) in [6, 6.07) is 7.47. The Balaban J connectivity index is 2.16. The summed E-state index contributed by atoms with van der Waals surface area (Å²) < 4.78 is 7.33. The molecule has 0 aliphatic carbocycles. The van der Waals surface area contributed by atoms with Crippen molar-refractivity contribution in [3.05, 3.63) is 41.7 Å². The summed E-state index contributed by atoms with van der Waals surface area (Å²) in [6.07, 6.45) is 1.98. The molecule has 108 valence electrons. The summed E-state index contributed by atoms with van der Waals surface area (Å²) in [5, 5.41) is 18.3. The van der Waals surface area contributed by atoms with Gasteiger partial charge in [-0.25, -0.2) is 4.68 Å². The lowest BCUT2D eigenvalue weighted by molar-refractivity contribution is 0.207. The molecule has 1 N–H and O–H groups in total. The third-order valence-corrected chi connectivity index (χ3v) is 2.93. The van der Waals surface area contributed by atoms with Gasteiger partial charge in [-0.05, 0) is 38.0 Å². The zero-order valence-corrected chi connectivity index (χ0v) is 12.2. The number of ether oxygens (including phenoxy) is 1. The highest BCUT2D eigenvalue weighted by Gasteiger charge is 2.16. The molecule has 0 spiro atoms. The van der Waals surface area contributed by atoms with Crippen molar-refractivity contribution in [1.82, 2.24) is 15.0 Å². The summed E-state index contributed by atoms with van der Waals surface area (Å²) in [5.41, 5.74) is 1.52. The fourth-order valence-electron chi connectivity index (χ4n) is 2.03. The molecule has 1 heterocycles. The normalized spacial score (nSPS) is 12.7. The van der Waals surface area contributed by atoms with Crippen molar-refractivity contribution in [2.45, 2.75) is 45.9 Å². The van der Waals surface area contributed by atoms with E-state index in [1.165, 1.54) is 0 Å². The van der Waals surface area contributed by atoms with Crippen LogP contribution in [0.2, 0.25) is 0 Å². The molecule has 2 aromatic rings. The predicted molar refractivity (Wildman–Crippen MR) is 76.6 cm³/mol. The van der Waals surface area contributed by atoms with Crippen LogP contribution >= 0.6 is 0 Å². The summed E-state index contributed by atoms with van der Waals surface area (Å²) in [4.78, 5) is 0. The van der Waals surface area contributed by atoms with Crippen LogP contribution in [-0.4, -0.2) is 26.2 Å². The average Bonchev–Trinajstić information content (AvgIpc) is 2.87. The van der Waals surface area contributed by atoms with Crippen LogP contribution in [0.25, 0.3) is 0 Å². The Bertz CT molecular complexity index is 534. The fourth-order valence-corrected chi connectivity index (χ4v) is 2.03. The van der Waals surface area contributed by atoms with Gasteiger partial charge in [-0.15, -0.1) is 5.10 Å². The monoisotopic (exact) mass is 275 g/mol. The number of hydrogen-bond donors (Lipinski definition) is 1. The molecular formula is C15H21N3O2. The second-order valence-electron chi connectivity index (χ2n) is 5.02. The minimum absolute atomic E-state index is 0.140. The summed E-state index contributed by atoms with van der Waals surface area (Å²) >= 11 is 0. The highest BCUT2D eigenvalue weighted by molar-refractivity contribution is 5.31. The van der Waals surface area contributed by atoms with Crippen LogP contribution in [0.3, 0.4) is 0 Å². The van der Waals surface area contributed by atoms with Crippen molar-refractivity contribution in [2.75, 3.05) is 0 Å². The van der Waals surface area contributed by atoms with Crippen LogP contribution in [0.15, 0.2) is 30.5 Å². The molecule has 1 unspecified atom stereocenters. The van der Waals surface area contributed by atoms with Gasteiger partial charge in [0.15, 0.2) is 0 Å². The molecule has 1 aromatic carbocycles. The lowest BCUT2D eigenvalue weighted by atomic mass is 10.1. The Morgan fingerprint density at radius 2 is 1.95 bits per heavy atom. The van der Waals surface area contributed by atoms with Crippen LogP contribution in [-0.2, 0) is 6.54 Å². The molecule has 20 heavy (non-hydrogen) atoms. The van der Waals surface area contributed by atoms with Gasteiger partial charge in [-0.2, -0.15) is 0 Å². The number of aliphatic hydroxyl groups excluding tert-OH is 1. The smallest absolute Gasteiger partial charge is 0.122 e. The number of aromatic nitrogens is 3. The molecule has 5 heteroatoms. The second kappa shape index (κ2) is 6.52. The van der Waals surface area contributed by atoms with Gasteiger partial charge >= 0.3 is 0 Å². The molecule has 0 aliphatic heterocycles. The standard InChI is InChI=1S/C15H21N3O2/c1-4-9-18-14(10-16-17-18)15(19)12-5-7-13(8-6-12)20-11(2)3/h5-8,10-11,15,19H,4,9H2,1-3H3. The van der Waals surface area contributed by atoms with Crippen LogP contribution < -0.4 is 4.74 Å². The zero-order chi connectivity index (χ0) is 14.5. The molecule has 0 aliphatic rings. The largest absolute Gasteiger partial charge is 0.491 e. The van der Waals surface area contributed by atoms with Gasteiger partial charge in [0, 0.05) is 6.54 Å². The average molecular weight is 275 g/mol. The third kappa shape index (κ3) is 3.36. The minimum Gasteiger partial charge on any atom is -0.491 e. The van der Waals surface area contributed by atoms with Crippen molar-refractivity contribution in [2.24, 2.45) is 0 Å². The second-order valence-corrected chi connectivity index (χ2v) is 5.02. The van der Waals surface area contributed by atoms with Crippen LogP contribution in [0.4, 0.5) is 0 Å². The molecule has 1 aromatic heterocycles. The van der Waals surface area contributed by atoms with E-state index < -0.39 is 6.10 Å². The van der Waals surface area contributed by atoms with E-state index in [1.807, 2.05) is 38.1 Å². The molecule has 0 amide bonds.